The number of hydrogen-bond acceptors (Lipinski definition) is 0. The van der Waals surface area contributed by atoms with Gasteiger partial charge in [0.1, 0.15) is 0 Å². The highest BCUT2D eigenvalue weighted by molar-refractivity contribution is 5.40. The average Bonchev–Trinajstić information content (AvgIpc) is 2.77. The zero-order chi connectivity index (χ0) is 10.4. The van der Waals surface area contributed by atoms with Crippen LogP contribution in [0.25, 0.3) is 0 Å². The molecule has 0 aromatic heterocycles. The van der Waals surface area contributed by atoms with E-state index >= 15 is 0 Å². The highest BCUT2D eigenvalue weighted by Crippen LogP contribution is 2.49. The zero-order valence-electron chi connectivity index (χ0n) is 10.00. The lowest BCUT2D eigenvalue weighted by molar-refractivity contribution is 0.318. The minimum absolute atomic E-state index is 0.869. The third-order valence-corrected chi connectivity index (χ3v) is 4.79. The molecule has 0 amide bonds. The van der Waals surface area contributed by atoms with Gasteiger partial charge in [0, 0.05) is 0 Å². The molecule has 0 aliphatic heterocycles. The fourth-order valence-corrected chi connectivity index (χ4v) is 3.97. The summed E-state index contributed by atoms with van der Waals surface area (Å²) >= 11 is 0. The van der Waals surface area contributed by atoms with Crippen molar-refractivity contribution < 1.29 is 0 Å². The molecule has 15 heavy (non-hydrogen) atoms. The lowest BCUT2D eigenvalue weighted by Crippen LogP contribution is -2.19. The third-order valence-electron chi connectivity index (χ3n) is 4.79. The first kappa shape index (κ1) is 9.69. The summed E-state index contributed by atoms with van der Waals surface area (Å²) in [4.78, 5) is 0. The molecule has 2 fully saturated rings. The minimum Gasteiger partial charge on any atom is -0.0773 e. The maximum absolute atomic E-state index is 2.66. The highest BCUT2D eigenvalue weighted by Gasteiger charge is 2.38. The van der Waals surface area contributed by atoms with Gasteiger partial charge in [-0.3, -0.25) is 0 Å². The molecule has 3 aliphatic rings. The van der Waals surface area contributed by atoms with Gasteiger partial charge >= 0.3 is 0 Å². The van der Waals surface area contributed by atoms with E-state index in [4.69, 9.17) is 0 Å². The molecule has 0 radical (unpaired) electrons. The molecule has 0 aromatic carbocycles. The second-order valence-electron chi connectivity index (χ2n) is 5.96. The summed E-state index contributed by atoms with van der Waals surface area (Å²) in [7, 11) is 0. The molecule has 0 heterocycles. The Balaban J connectivity index is 1.89. The molecular formula is C15H22. The summed E-state index contributed by atoms with van der Waals surface area (Å²) in [6, 6.07) is 0. The molecule has 0 aromatic rings. The van der Waals surface area contributed by atoms with Crippen LogP contribution in [-0.4, -0.2) is 0 Å². The summed E-state index contributed by atoms with van der Waals surface area (Å²) in [5.74, 6) is 3.62. The number of fused-ring (bicyclic) bond motifs is 2. The van der Waals surface area contributed by atoms with Gasteiger partial charge in [-0.05, 0) is 66.9 Å². The molecule has 0 heteroatoms. The summed E-state index contributed by atoms with van der Waals surface area (Å²) in [6.07, 6.45) is 12.3. The Bertz CT molecular complexity index is 319. The molecule has 0 bridgehead atoms. The predicted octanol–water partition coefficient (Wildman–Crippen LogP) is 4.34. The van der Waals surface area contributed by atoms with E-state index in [1.165, 1.54) is 32.1 Å². The van der Waals surface area contributed by atoms with Gasteiger partial charge in [-0.2, -0.15) is 0 Å². The molecule has 2 saturated carbocycles. The Labute approximate surface area is 93.5 Å². The van der Waals surface area contributed by atoms with E-state index in [1.807, 2.05) is 0 Å². The van der Waals surface area contributed by atoms with Gasteiger partial charge in [-0.15, -0.1) is 0 Å². The fourth-order valence-electron chi connectivity index (χ4n) is 3.97. The highest BCUT2D eigenvalue weighted by atomic mass is 14.4. The van der Waals surface area contributed by atoms with Crippen LogP contribution < -0.4 is 0 Å². The normalized spacial score (nSPS) is 38.7. The van der Waals surface area contributed by atoms with Crippen molar-refractivity contribution in [3.63, 3.8) is 0 Å². The minimum atomic E-state index is 0.869. The van der Waals surface area contributed by atoms with Crippen LogP contribution in [0.1, 0.15) is 46.0 Å². The molecule has 0 spiro atoms. The first-order valence-corrected chi connectivity index (χ1v) is 6.67. The largest absolute Gasteiger partial charge is 0.0773 e. The lowest BCUT2D eigenvalue weighted by Gasteiger charge is -2.27. The van der Waals surface area contributed by atoms with Gasteiger partial charge < -0.3 is 0 Å². The average molecular weight is 202 g/mol. The van der Waals surface area contributed by atoms with Crippen molar-refractivity contribution in [2.24, 2.45) is 23.7 Å². The quantitative estimate of drug-likeness (QED) is 0.593. The smallest absolute Gasteiger partial charge is 0.0134 e. The van der Waals surface area contributed by atoms with Crippen molar-refractivity contribution in [2.75, 3.05) is 0 Å². The second-order valence-corrected chi connectivity index (χ2v) is 5.96. The van der Waals surface area contributed by atoms with Gasteiger partial charge in [0.15, 0.2) is 0 Å². The van der Waals surface area contributed by atoms with Crippen molar-refractivity contribution >= 4 is 0 Å². The molecule has 3 atom stereocenters. The zero-order valence-corrected chi connectivity index (χ0v) is 10.00. The van der Waals surface area contributed by atoms with Gasteiger partial charge in [-0.25, -0.2) is 0 Å². The monoisotopic (exact) mass is 202 g/mol. The Morgan fingerprint density at radius 2 is 1.80 bits per heavy atom. The van der Waals surface area contributed by atoms with E-state index in [0.717, 1.165) is 23.7 Å². The van der Waals surface area contributed by atoms with Gasteiger partial charge in [0.25, 0.3) is 0 Å². The molecule has 3 rings (SSSR count). The summed E-state index contributed by atoms with van der Waals surface area (Å²) in [6.45, 7) is 4.80. The van der Waals surface area contributed by atoms with Crippen molar-refractivity contribution in [1.82, 2.24) is 0 Å². The first-order valence-electron chi connectivity index (χ1n) is 6.67. The molecular weight excluding hydrogens is 180 g/mol. The molecule has 82 valence electrons. The van der Waals surface area contributed by atoms with Gasteiger partial charge in [-0.1, -0.05) is 26.0 Å². The fraction of sp³-hybridized carbons (Fsp3) is 0.733. The van der Waals surface area contributed by atoms with Crippen LogP contribution in [0.4, 0.5) is 0 Å². The molecule has 0 N–H and O–H groups in total. The van der Waals surface area contributed by atoms with Crippen molar-refractivity contribution in [1.29, 1.82) is 0 Å². The van der Waals surface area contributed by atoms with Crippen LogP contribution in [0.3, 0.4) is 0 Å². The van der Waals surface area contributed by atoms with E-state index in [2.05, 4.69) is 26.0 Å². The van der Waals surface area contributed by atoms with Crippen LogP contribution in [0.2, 0.25) is 0 Å². The molecule has 3 unspecified atom stereocenters. The third kappa shape index (κ3) is 1.49. The maximum Gasteiger partial charge on any atom is -0.0134 e. The van der Waals surface area contributed by atoms with E-state index in [0.29, 0.717) is 0 Å². The van der Waals surface area contributed by atoms with E-state index in [-0.39, 0.29) is 0 Å². The van der Waals surface area contributed by atoms with Gasteiger partial charge in [0.05, 0.1) is 0 Å². The van der Waals surface area contributed by atoms with E-state index in [9.17, 15) is 0 Å². The van der Waals surface area contributed by atoms with Crippen molar-refractivity contribution in [3.8, 4) is 0 Å². The number of allylic oxidation sites excluding steroid dienone is 4. The standard InChI is InChI=1S/C15H22/c1-10(2)14-7-6-13-8-11-4-3-5-12(11)9-15(13)14/h8-10,13-15H,3-7H2,1-2H3. The Kier molecular flexibility index (Phi) is 2.26. The van der Waals surface area contributed by atoms with Gasteiger partial charge in [0.2, 0.25) is 0 Å². The Morgan fingerprint density at radius 1 is 1.07 bits per heavy atom. The molecule has 0 saturated heterocycles. The molecule has 3 aliphatic carbocycles. The van der Waals surface area contributed by atoms with Crippen molar-refractivity contribution in [2.45, 2.75) is 46.0 Å². The SMILES string of the molecule is CC(C)C1CCC2C=C3CCCC3=CC21. The van der Waals surface area contributed by atoms with E-state index in [1.54, 1.807) is 11.1 Å². The number of hydrogen-bond donors (Lipinski definition) is 0. The summed E-state index contributed by atoms with van der Waals surface area (Å²) < 4.78 is 0. The lowest BCUT2D eigenvalue weighted by atomic mass is 9.78. The maximum atomic E-state index is 2.66. The topological polar surface area (TPSA) is 0 Å². The Hall–Kier alpha value is -0.520. The first-order chi connectivity index (χ1) is 7.25. The van der Waals surface area contributed by atoms with Crippen molar-refractivity contribution in [3.05, 3.63) is 23.3 Å². The van der Waals surface area contributed by atoms with Crippen LogP contribution >= 0.6 is 0 Å². The summed E-state index contributed by atoms with van der Waals surface area (Å²) in [5, 5.41) is 0. The second kappa shape index (κ2) is 3.50. The van der Waals surface area contributed by atoms with Crippen LogP contribution in [0.15, 0.2) is 23.3 Å². The predicted molar refractivity (Wildman–Crippen MR) is 64.6 cm³/mol. The van der Waals surface area contributed by atoms with Crippen LogP contribution in [0, 0.1) is 23.7 Å². The molecule has 0 nitrogen and oxygen atoms in total. The summed E-state index contributed by atoms with van der Waals surface area (Å²) in [5.41, 5.74) is 3.42. The Morgan fingerprint density at radius 3 is 2.53 bits per heavy atom. The van der Waals surface area contributed by atoms with Crippen LogP contribution in [-0.2, 0) is 0 Å². The van der Waals surface area contributed by atoms with Crippen LogP contribution in [0.5, 0.6) is 0 Å². The number of rotatable bonds is 1. The van der Waals surface area contributed by atoms with E-state index < -0.39 is 0 Å².